The summed E-state index contributed by atoms with van der Waals surface area (Å²) in [4.78, 5) is 11.7. The molecule has 2 rings (SSSR count). The van der Waals surface area contributed by atoms with Crippen LogP contribution < -0.4 is 10.6 Å². The predicted molar refractivity (Wildman–Crippen MR) is 81.6 cm³/mol. The Morgan fingerprint density at radius 2 is 2.11 bits per heavy atom. The molecular formula is C15H18N2OS. The lowest BCUT2D eigenvalue weighted by atomic mass is 10.1. The van der Waals surface area contributed by atoms with E-state index in [2.05, 4.69) is 35.9 Å². The van der Waals surface area contributed by atoms with Gasteiger partial charge in [-0.05, 0) is 46.0 Å². The van der Waals surface area contributed by atoms with E-state index in [1.54, 1.807) is 11.3 Å². The second kappa shape index (κ2) is 6.38. The summed E-state index contributed by atoms with van der Waals surface area (Å²) in [5.41, 5.74) is 3.10. The molecule has 0 atom stereocenters. The van der Waals surface area contributed by atoms with Crippen LogP contribution in [0.15, 0.2) is 41.1 Å². The molecule has 1 aromatic carbocycles. The molecule has 0 spiro atoms. The summed E-state index contributed by atoms with van der Waals surface area (Å²) in [5, 5.41) is 9.83. The van der Waals surface area contributed by atoms with Crippen LogP contribution in [0.25, 0.3) is 11.1 Å². The zero-order valence-electron chi connectivity index (χ0n) is 11.1. The van der Waals surface area contributed by atoms with E-state index in [4.69, 9.17) is 0 Å². The average Bonchev–Trinajstić information content (AvgIpc) is 2.90. The fraction of sp³-hybridized carbons (Fsp3) is 0.267. The lowest BCUT2D eigenvalue weighted by Gasteiger charge is -2.10. The molecule has 0 saturated heterocycles. The van der Waals surface area contributed by atoms with E-state index in [0.29, 0.717) is 12.5 Å². The van der Waals surface area contributed by atoms with Crippen LogP contribution in [0.1, 0.15) is 13.8 Å². The van der Waals surface area contributed by atoms with Crippen molar-refractivity contribution in [3.63, 3.8) is 0 Å². The minimum Gasteiger partial charge on any atom is -0.338 e. The van der Waals surface area contributed by atoms with Crippen molar-refractivity contribution in [2.45, 2.75) is 13.8 Å². The van der Waals surface area contributed by atoms with Crippen molar-refractivity contribution in [3.05, 3.63) is 41.1 Å². The van der Waals surface area contributed by atoms with Gasteiger partial charge in [-0.1, -0.05) is 26.0 Å². The van der Waals surface area contributed by atoms with Gasteiger partial charge < -0.3 is 10.6 Å². The van der Waals surface area contributed by atoms with Gasteiger partial charge in [0, 0.05) is 12.2 Å². The zero-order valence-corrected chi connectivity index (χ0v) is 12.0. The topological polar surface area (TPSA) is 41.1 Å². The molecule has 2 amide bonds. The number of urea groups is 1. The van der Waals surface area contributed by atoms with E-state index >= 15 is 0 Å². The molecule has 4 heteroatoms. The van der Waals surface area contributed by atoms with E-state index in [-0.39, 0.29) is 6.03 Å². The molecule has 2 aromatic rings. The molecule has 0 fully saturated rings. The first-order valence-electron chi connectivity index (χ1n) is 6.32. The van der Waals surface area contributed by atoms with Gasteiger partial charge in [0.15, 0.2) is 0 Å². The number of thiophene rings is 1. The molecule has 3 nitrogen and oxygen atoms in total. The number of anilines is 1. The molecule has 0 aliphatic rings. The number of carbonyl (C=O) groups excluding carboxylic acids is 1. The molecule has 0 aliphatic carbocycles. The minimum atomic E-state index is -0.156. The molecule has 100 valence electrons. The molecular weight excluding hydrogens is 256 g/mol. The fourth-order valence-electron chi connectivity index (χ4n) is 1.68. The first kappa shape index (κ1) is 13.6. The molecule has 19 heavy (non-hydrogen) atoms. The third kappa shape index (κ3) is 4.10. The fourth-order valence-corrected chi connectivity index (χ4v) is 2.34. The highest BCUT2D eigenvalue weighted by molar-refractivity contribution is 7.08. The first-order chi connectivity index (χ1) is 9.15. The van der Waals surface area contributed by atoms with Gasteiger partial charge in [-0.2, -0.15) is 11.3 Å². The van der Waals surface area contributed by atoms with E-state index < -0.39 is 0 Å². The van der Waals surface area contributed by atoms with Gasteiger partial charge in [0.25, 0.3) is 0 Å². The quantitative estimate of drug-likeness (QED) is 0.862. The zero-order chi connectivity index (χ0) is 13.7. The summed E-state index contributed by atoms with van der Waals surface area (Å²) in [5.74, 6) is 0.447. The van der Waals surface area contributed by atoms with E-state index in [0.717, 1.165) is 11.3 Å². The molecule has 1 aromatic heterocycles. The molecule has 1 heterocycles. The third-order valence-corrected chi connectivity index (χ3v) is 3.33. The van der Waals surface area contributed by atoms with Gasteiger partial charge in [-0.3, -0.25) is 0 Å². The molecule has 2 N–H and O–H groups in total. The van der Waals surface area contributed by atoms with Crippen molar-refractivity contribution in [3.8, 4) is 11.1 Å². The van der Waals surface area contributed by atoms with Crippen LogP contribution in [0.2, 0.25) is 0 Å². The number of carbonyl (C=O) groups is 1. The Balaban J connectivity index is 2.01. The first-order valence-corrected chi connectivity index (χ1v) is 7.27. The van der Waals surface area contributed by atoms with Crippen molar-refractivity contribution in [1.29, 1.82) is 0 Å². The second-order valence-corrected chi connectivity index (χ2v) is 5.60. The maximum absolute atomic E-state index is 11.7. The standard InChI is InChI=1S/C15H18N2OS/c1-11(2)9-16-15(18)17-14-5-3-4-12(8-14)13-6-7-19-10-13/h3-8,10-11H,9H2,1-2H3,(H2,16,17,18). The summed E-state index contributed by atoms with van der Waals surface area (Å²) in [6, 6.07) is 9.78. The van der Waals surface area contributed by atoms with E-state index in [1.165, 1.54) is 5.56 Å². The number of benzene rings is 1. The van der Waals surface area contributed by atoms with Crippen molar-refractivity contribution < 1.29 is 4.79 Å². The smallest absolute Gasteiger partial charge is 0.319 e. The van der Waals surface area contributed by atoms with Crippen molar-refractivity contribution in [2.75, 3.05) is 11.9 Å². The number of amides is 2. The summed E-state index contributed by atoms with van der Waals surface area (Å²) in [6.07, 6.45) is 0. The normalized spacial score (nSPS) is 10.5. The summed E-state index contributed by atoms with van der Waals surface area (Å²) in [6.45, 7) is 4.81. The van der Waals surface area contributed by atoms with Crippen LogP contribution in [-0.2, 0) is 0 Å². The third-order valence-electron chi connectivity index (χ3n) is 2.65. The lowest BCUT2D eigenvalue weighted by molar-refractivity contribution is 0.251. The van der Waals surface area contributed by atoms with Gasteiger partial charge in [0.05, 0.1) is 0 Å². The average molecular weight is 274 g/mol. The minimum absolute atomic E-state index is 0.156. The maximum atomic E-state index is 11.7. The van der Waals surface area contributed by atoms with Crippen LogP contribution in [0.5, 0.6) is 0 Å². The molecule has 0 bridgehead atoms. The van der Waals surface area contributed by atoms with E-state index in [1.807, 2.05) is 29.6 Å². The highest BCUT2D eigenvalue weighted by Crippen LogP contribution is 2.24. The van der Waals surface area contributed by atoms with Crippen LogP contribution >= 0.6 is 11.3 Å². The highest BCUT2D eigenvalue weighted by atomic mass is 32.1. The van der Waals surface area contributed by atoms with Crippen LogP contribution in [0.4, 0.5) is 10.5 Å². The Bertz CT molecular complexity index is 535. The molecule has 0 unspecified atom stereocenters. The molecule has 0 aliphatic heterocycles. The van der Waals surface area contributed by atoms with E-state index in [9.17, 15) is 4.79 Å². The number of nitrogens with one attached hydrogen (secondary N) is 2. The monoisotopic (exact) mass is 274 g/mol. The maximum Gasteiger partial charge on any atom is 0.319 e. The van der Waals surface area contributed by atoms with Crippen LogP contribution in [0.3, 0.4) is 0 Å². The Morgan fingerprint density at radius 1 is 1.26 bits per heavy atom. The Hall–Kier alpha value is -1.81. The molecule has 0 saturated carbocycles. The van der Waals surface area contributed by atoms with Gasteiger partial charge in [0.1, 0.15) is 0 Å². The highest BCUT2D eigenvalue weighted by Gasteiger charge is 2.04. The van der Waals surface area contributed by atoms with Crippen LogP contribution in [-0.4, -0.2) is 12.6 Å². The molecule has 0 radical (unpaired) electrons. The number of rotatable bonds is 4. The van der Waals surface area contributed by atoms with Crippen molar-refractivity contribution >= 4 is 23.1 Å². The summed E-state index contributed by atoms with van der Waals surface area (Å²) >= 11 is 1.67. The van der Waals surface area contributed by atoms with Crippen molar-refractivity contribution in [2.24, 2.45) is 5.92 Å². The summed E-state index contributed by atoms with van der Waals surface area (Å²) < 4.78 is 0. The van der Waals surface area contributed by atoms with Gasteiger partial charge in [-0.25, -0.2) is 4.79 Å². The SMILES string of the molecule is CC(C)CNC(=O)Nc1cccc(-c2ccsc2)c1. The van der Waals surface area contributed by atoms with Gasteiger partial charge >= 0.3 is 6.03 Å². The van der Waals surface area contributed by atoms with Crippen molar-refractivity contribution in [1.82, 2.24) is 5.32 Å². The predicted octanol–water partition coefficient (Wildman–Crippen LogP) is 4.19. The summed E-state index contributed by atoms with van der Waals surface area (Å²) in [7, 11) is 0. The Kier molecular flexibility index (Phi) is 4.58. The van der Waals surface area contributed by atoms with Gasteiger partial charge in [-0.15, -0.1) is 0 Å². The Morgan fingerprint density at radius 3 is 2.79 bits per heavy atom. The second-order valence-electron chi connectivity index (χ2n) is 4.82. The van der Waals surface area contributed by atoms with Crippen LogP contribution in [0, 0.1) is 5.92 Å². The van der Waals surface area contributed by atoms with Gasteiger partial charge in [0.2, 0.25) is 0 Å². The number of hydrogen-bond donors (Lipinski definition) is 2. The Labute approximate surface area is 117 Å². The lowest BCUT2D eigenvalue weighted by Crippen LogP contribution is -2.31. The number of hydrogen-bond acceptors (Lipinski definition) is 2. The largest absolute Gasteiger partial charge is 0.338 e.